The van der Waals surface area contributed by atoms with Gasteiger partial charge in [0.15, 0.2) is 5.78 Å². The molecular weight excluding hydrogens is 510 g/mol. The van der Waals surface area contributed by atoms with Crippen LogP contribution in [0.1, 0.15) is 64.2 Å². The lowest BCUT2D eigenvalue weighted by atomic mass is 10.00. The first-order valence-electron chi connectivity index (χ1n) is 14.2. The van der Waals surface area contributed by atoms with Crippen LogP contribution in [0.15, 0.2) is 24.3 Å². The summed E-state index contributed by atoms with van der Waals surface area (Å²) in [4.78, 5) is 72.5. The fourth-order valence-electron chi connectivity index (χ4n) is 5.69. The van der Waals surface area contributed by atoms with Gasteiger partial charge in [0.25, 0.3) is 5.91 Å². The number of nitrogens with zero attached hydrogens (tertiary/aromatic N) is 4. The molecule has 2 aliphatic heterocycles. The molecule has 10 nitrogen and oxygen atoms in total. The zero-order chi connectivity index (χ0) is 29.9. The molecule has 40 heavy (non-hydrogen) atoms. The van der Waals surface area contributed by atoms with E-state index >= 15 is 0 Å². The Morgan fingerprint density at radius 2 is 1.52 bits per heavy atom. The molecule has 2 fully saturated rings. The van der Waals surface area contributed by atoms with Crippen molar-refractivity contribution < 1.29 is 24.0 Å². The highest BCUT2D eigenvalue weighted by molar-refractivity contribution is 6.01. The van der Waals surface area contributed by atoms with Crippen molar-refractivity contribution in [1.82, 2.24) is 20.0 Å². The van der Waals surface area contributed by atoms with Crippen LogP contribution in [0.4, 0.5) is 5.69 Å². The minimum atomic E-state index is -0.796. The van der Waals surface area contributed by atoms with E-state index in [2.05, 4.69) is 5.32 Å². The smallest absolute Gasteiger partial charge is 0.251 e. The number of hydrogen-bond donors (Lipinski definition) is 1. The van der Waals surface area contributed by atoms with Crippen LogP contribution in [0, 0.1) is 11.8 Å². The molecule has 1 N–H and O–H groups in total. The maximum Gasteiger partial charge on any atom is 0.251 e. The van der Waals surface area contributed by atoms with Crippen molar-refractivity contribution >= 4 is 35.1 Å². The van der Waals surface area contributed by atoms with Gasteiger partial charge in [0.05, 0.1) is 12.6 Å². The second kappa shape index (κ2) is 12.8. The second-order valence-corrected chi connectivity index (χ2v) is 12.1. The van der Waals surface area contributed by atoms with Gasteiger partial charge in [0.2, 0.25) is 17.7 Å². The van der Waals surface area contributed by atoms with Gasteiger partial charge in [-0.15, -0.1) is 0 Å². The third-order valence-corrected chi connectivity index (χ3v) is 7.89. The van der Waals surface area contributed by atoms with E-state index in [1.54, 1.807) is 29.0 Å². The molecule has 0 radical (unpaired) electrons. The zero-order valence-electron chi connectivity index (χ0n) is 25.1. The van der Waals surface area contributed by atoms with Crippen molar-refractivity contribution in [3.8, 4) is 0 Å². The van der Waals surface area contributed by atoms with Crippen LogP contribution < -0.4 is 10.2 Å². The molecule has 0 aliphatic carbocycles. The molecule has 1 aromatic carbocycles. The number of amides is 4. The molecule has 10 heteroatoms. The maximum absolute atomic E-state index is 13.8. The average molecular weight is 556 g/mol. The Bertz CT molecular complexity index is 1120. The van der Waals surface area contributed by atoms with Gasteiger partial charge in [-0.2, -0.15) is 0 Å². The number of hydrogen-bond acceptors (Lipinski definition) is 6. The summed E-state index contributed by atoms with van der Waals surface area (Å²) in [5.74, 6) is -1.01. The predicted molar refractivity (Wildman–Crippen MR) is 154 cm³/mol. The van der Waals surface area contributed by atoms with E-state index in [-0.39, 0.29) is 47.8 Å². The van der Waals surface area contributed by atoms with Crippen LogP contribution in [-0.4, -0.2) is 103 Å². The monoisotopic (exact) mass is 555 g/mol. The first kappa shape index (κ1) is 31.1. The van der Waals surface area contributed by atoms with Crippen LogP contribution in [0.5, 0.6) is 0 Å². The fourth-order valence-corrected chi connectivity index (χ4v) is 5.69. The van der Waals surface area contributed by atoms with E-state index in [1.165, 1.54) is 11.8 Å². The van der Waals surface area contributed by atoms with Crippen molar-refractivity contribution in [2.24, 2.45) is 11.8 Å². The van der Waals surface area contributed by atoms with E-state index in [9.17, 15) is 24.0 Å². The molecule has 0 spiro atoms. The van der Waals surface area contributed by atoms with Crippen molar-refractivity contribution in [2.75, 3.05) is 39.1 Å². The van der Waals surface area contributed by atoms with Gasteiger partial charge in [-0.05, 0) is 55.4 Å². The van der Waals surface area contributed by atoms with Crippen LogP contribution in [-0.2, 0) is 19.2 Å². The maximum atomic E-state index is 13.8. The zero-order valence-corrected chi connectivity index (χ0v) is 25.1. The molecule has 0 aromatic heterocycles. The quantitative estimate of drug-likeness (QED) is 0.474. The van der Waals surface area contributed by atoms with Crippen LogP contribution in [0.25, 0.3) is 0 Å². The van der Waals surface area contributed by atoms with Gasteiger partial charge in [0, 0.05) is 45.9 Å². The average Bonchev–Trinajstić information content (AvgIpc) is 3.46. The lowest BCUT2D eigenvalue weighted by Gasteiger charge is -2.33. The molecule has 0 bridgehead atoms. The fraction of sp³-hybridized carbons (Fsp3) is 0.633. The van der Waals surface area contributed by atoms with E-state index in [0.29, 0.717) is 31.4 Å². The standard InChI is InChI=1S/C30H45N5O5/c1-18(2)15-23(31-28(38)21-9-11-22(12-10-21)32(6)7)29(39)34-14-13-24-27(34)26(37)17-35(24)30(40)25(16-19(3)4)33(8)20(5)36/h9-12,18-19,23-25,27H,13-17H2,1-8H3,(H,31,38)/t23-,24+,25-,27-/m0/s1. The number of Topliss-reactive ketones (excluding diaryl/α,β-unsaturated/α-hetero) is 1. The second-order valence-electron chi connectivity index (χ2n) is 12.1. The number of nitrogens with one attached hydrogen (secondary N) is 1. The van der Waals surface area contributed by atoms with Crippen molar-refractivity contribution in [3.63, 3.8) is 0 Å². The summed E-state index contributed by atoms with van der Waals surface area (Å²) < 4.78 is 0. The molecule has 4 atom stereocenters. The SMILES string of the molecule is CC(=O)N(C)[C@@H](CC(C)C)C(=O)N1CC(=O)[C@@H]2[C@H]1CCN2C(=O)[C@H](CC(C)C)NC(=O)c1ccc(N(C)C)cc1. The molecule has 4 amide bonds. The van der Waals surface area contributed by atoms with Crippen molar-refractivity contribution in [3.05, 3.63) is 29.8 Å². The molecule has 0 saturated carbocycles. The van der Waals surface area contributed by atoms with E-state index in [1.807, 2.05) is 58.8 Å². The van der Waals surface area contributed by atoms with E-state index in [0.717, 1.165) is 5.69 Å². The molecule has 0 unspecified atom stereocenters. The number of rotatable bonds is 10. The van der Waals surface area contributed by atoms with Crippen LogP contribution in [0.3, 0.4) is 0 Å². The van der Waals surface area contributed by atoms with Gasteiger partial charge in [-0.1, -0.05) is 27.7 Å². The van der Waals surface area contributed by atoms with Crippen LogP contribution in [0.2, 0.25) is 0 Å². The van der Waals surface area contributed by atoms with Crippen LogP contribution >= 0.6 is 0 Å². The highest BCUT2D eigenvalue weighted by Crippen LogP contribution is 2.32. The number of carbonyl (C=O) groups excluding carboxylic acids is 5. The number of likely N-dealkylation sites (N-methyl/N-ethyl adjacent to an activating group) is 1. The number of ketones is 1. The Hall–Kier alpha value is -3.43. The number of likely N-dealkylation sites (tertiary alicyclic amines) is 2. The molecule has 2 heterocycles. The highest BCUT2D eigenvalue weighted by atomic mass is 16.2. The van der Waals surface area contributed by atoms with Gasteiger partial charge < -0.3 is 24.9 Å². The summed E-state index contributed by atoms with van der Waals surface area (Å²) >= 11 is 0. The van der Waals surface area contributed by atoms with Gasteiger partial charge in [-0.25, -0.2) is 0 Å². The Labute approximate surface area is 238 Å². The summed E-state index contributed by atoms with van der Waals surface area (Å²) in [6.45, 7) is 9.60. The first-order valence-corrected chi connectivity index (χ1v) is 14.2. The summed E-state index contributed by atoms with van der Waals surface area (Å²) in [5.41, 5.74) is 1.41. The topological polar surface area (TPSA) is 110 Å². The van der Waals surface area contributed by atoms with Gasteiger partial charge in [-0.3, -0.25) is 24.0 Å². The summed E-state index contributed by atoms with van der Waals surface area (Å²) in [6, 6.07) is 4.50. The number of benzene rings is 1. The molecule has 1 aromatic rings. The minimum Gasteiger partial charge on any atom is -0.378 e. The Kier molecular flexibility index (Phi) is 9.97. The Morgan fingerprint density at radius 3 is 2.05 bits per heavy atom. The third kappa shape index (κ3) is 6.82. The lowest BCUT2D eigenvalue weighted by molar-refractivity contribution is -0.145. The molecular formula is C30H45N5O5. The Balaban J connectivity index is 1.79. The Morgan fingerprint density at radius 1 is 0.925 bits per heavy atom. The number of carbonyl (C=O) groups is 5. The third-order valence-electron chi connectivity index (χ3n) is 7.89. The molecule has 220 valence electrons. The minimum absolute atomic E-state index is 0.0856. The van der Waals surface area contributed by atoms with Crippen molar-refractivity contribution in [2.45, 2.75) is 78.0 Å². The molecule has 3 rings (SSSR count). The highest BCUT2D eigenvalue weighted by Gasteiger charge is 2.53. The normalized spacial score (nSPS) is 20.0. The summed E-state index contributed by atoms with van der Waals surface area (Å²) in [6.07, 6.45) is 1.38. The molecule has 2 aliphatic rings. The predicted octanol–water partition coefficient (Wildman–Crippen LogP) is 2.17. The number of fused-ring (bicyclic) bond motifs is 1. The van der Waals surface area contributed by atoms with Gasteiger partial charge >= 0.3 is 0 Å². The van der Waals surface area contributed by atoms with E-state index in [4.69, 9.17) is 0 Å². The first-order chi connectivity index (χ1) is 18.7. The van der Waals surface area contributed by atoms with E-state index < -0.39 is 24.2 Å². The van der Waals surface area contributed by atoms with Crippen molar-refractivity contribution in [1.29, 1.82) is 0 Å². The molecule has 2 saturated heterocycles. The summed E-state index contributed by atoms with van der Waals surface area (Å²) in [5, 5.41) is 2.91. The number of anilines is 1. The largest absolute Gasteiger partial charge is 0.378 e. The van der Waals surface area contributed by atoms with Gasteiger partial charge in [0.1, 0.15) is 18.1 Å². The lowest BCUT2D eigenvalue weighted by Crippen LogP contribution is -2.53. The summed E-state index contributed by atoms with van der Waals surface area (Å²) in [7, 11) is 5.45.